The second kappa shape index (κ2) is 8.99. The molecule has 0 radical (unpaired) electrons. The van der Waals surface area contributed by atoms with Crippen molar-refractivity contribution in [2.75, 3.05) is 0 Å². The van der Waals surface area contributed by atoms with Gasteiger partial charge in [-0.25, -0.2) is 0 Å². The van der Waals surface area contributed by atoms with Crippen molar-refractivity contribution in [3.63, 3.8) is 0 Å². The molecule has 23 heavy (non-hydrogen) atoms. The molecule has 2 aromatic carbocycles. The summed E-state index contributed by atoms with van der Waals surface area (Å²) in [7, 11) is 0. The van der Waals surface area contributed by atoms with Crippen LogP contribution in [0.1, 0.15) is 11.1 Å². The van der Waals surface area contributed by atoms with Gasteiger partial charge in [-0.1, -0.05) is 92.5 Å². The Hall–Kier alpha value is -1.46. The van der Waals surface area contributed by atoms with E-state index in [9.17, 15) is 9.59 Å². The lowest BCUT2D eigenvalue weighted by molar-refractivity contribution is -0.158. The fourth-order valence-corrected chi connectivity index (χ4v) is 2.97. The molecule has 2 rings (SSSR count). The van der Waals surface area contributed by atoms with Crippen molar-refractivity contribution >= 4 is 43.8 Å². The van der Waals surface area contributed by atoms with Crippen molar-refractivity contribution in [3.05, 3.63) is 71.8 Å². The standard InChI is InChI=1S/C18H16Br2O3/c19-15(11-13-7-3-1-4-8-13)17(21)23-18(22)16(20)12-14-9-5-2-6-10-14/h1-10,15-16H,11-12H2. The Morgan fingerprint density at radius 3 is 1.43 bits per heavy atom. The van der Waals surface area contributed by atoms with Crippen LogP contribution in [0.25, 0.3) is 0 Å². The summed E-state index contributed by atoms with van der Waals surface area (Å²) in [5, 5.41) is 0. The zero-order valence-electron chi connectivity index (χ0n) is 12.3. The van der Waals surface area contributed by atoms with Gasteiger partial charge in [0.25, 0.3) is 0 Å². The lowest BCUT2D eigenvalue weighted by Crippen LogP contribution is -2.28. The summed E-state index contributed by atoms with van der Waals surface area (Å²) in [6.07, 6.45) is 0.942. The third-order valence-electron chi connectivity index (χ3n) is 3.23. The predicted molar refractivity (Wildman–Crippen MR) is 96.8 cm³/mol. The molecular weight excluding hydrogens is 424 g/mol. The van der Waals surface area contributed by atoms with Gasteiger partial charge < -0.3 is 4.74 Å². The highest BCUT2D eigenvalue weighted by molar-refractivity contribution is 9.10. The van der Waals surface area contributed by atoms with Gasteiger partial charge in [0.1, 0.15) is 9.65 Å². The number of halogens is 2. The number of esters is 2. The number of ether oxygens (including phenoxy) is 1. The van der Waals surface area contributed by atoms with E-state index in [1.165, 1.54) is 0 Å². The third kappa shape index (κ3) is 5.92. The van der Waals surface area contributed by atoms with Crippen molar-refractivity contribution in [3.8, 4) is 0 Å². The molecule has 0 N–H and O–H groups in total. The van der Waals surface area contributed by atoms with Gasteiger partial charge in [0.2, 0.25) is 0 Å². The highest BCUT2D eigenvalue weighted by Gasteiger charge is 2.24. The molecule has 0 saturated carbocycles. The van der Waals surface area contributed by atoms with Crippen LogP contribution in [0.3, 0.4) is 0 Å². The summed E-state index contributed by atoms with van der Waals surface area (Å²) in [6.45, 7) is 0. The molecule has 3 nitrogen and oxygen atoms in total. The average molecular weight is 440 g/mol. The Morgan fingerprint density at radius 1 is 0.739 bits per heavy atom. The van der Waals surface area contributed by atoms with Crippen LogP contribution in [0.2, 0.25) is 0 Å². The zero-order valence-corrected chi connectivity index (χ0v) is 15.5. The van der Waals surface area contributed by atoms with Crippen LogP contribution >= 0.6 is 31.9 Å². The Kier molecular flexibility index (Phi) is 6.99. The van der Waals surface area contributed by atoms with Gasteiger partial charge in [-0.15, -0.1) is 0 Å². The van der Waals surface area contributed by atoms with E-state index in [0.29, 0.717) is 12.8 Å². The highest BCUT2D eigenvalue weighted by atomic mass is 79.9. The van der Waals surface area contributed by atoms with Crippen LogP contribution in [0.4, 0.5) is 0 Å². The van der Waals surface area contributed by atoms with E-state index in [2.05, 4.69) is 31.9 Å². The van der Waals surface area contributed by atoms with E-state index < -0.39 is 21.6 Å². The minimum atomic E-state index is -0.573. The molecule has 0 amide bonds. The van der Waals surface area contributed by atoms with Gasteiger partial charge in [0, 0.05) is 0 Å². The Morgan fingerprint density at radius 2 is 1.09 bits per heavy atom. The fraction of sp³-hybridized carbons (Fsp3) is 0.222. The second-order valence-electron chi connectivity index (χ2n) is 5.05. The largest absolute Gasteiger partial charge is 0.391 e. The van der Waals surface area contributed by atoms with Crippen LogP contribution < -0.4 is 0 Å². The number of hydrogen-bond donors (Lipinski definition) is 0. The maximum atomic E-state index is 12.0. The van der Waals surface area contributed by atoms with Crippen molar-refractivity contribution in [1.82, 2.24) is 0 Å². The van der Waals surface area contributed by atoms with Crippen molar-refractivity contribution in [2.45, 2.75) is 22.5 Å². The lowest BCUT2D eigenvalue weighted by Gasteiger charge is -2.12. The molecule has 120 valence electrons. The molecule has 0 saturated heterocycles. The van der Waals surface area contributed by atoms with Crippen LogP contribution in [-0.2, 0) is 27.2 Å². The molecule has 0 aromatic heterocycles. The number of rotatable bonds is 6. The van der Waals surface area contributed by atoms with E-state index in [1.54, 1.807) is 0 Å². The van der Waals surface area contributed by atoms with E-state index >= 15 is 0 Å². The number of benzene rings is 2. The van der Waals surface area contributed by atoms with Crippen LogP contribution in [-0.4, -0.2) is 21.6 Å². The van der Waals surface area contributed by atoms with Crippen LogP contribution in [0.15, 0.2) is 60.7 Å². The highest BCUT2D eigenvalue weighted by Crippen LogP contribution is 2.15. The molecule has 0 aliphatic carbocycles. The van der Waals surface area contributed by atoms with Gasteiger partial charge in [-0.05, 0) is 24.0 Å². The first kappa shape index (κ1) is 17.9. The van der Waals surface area contributed by atoms with Gasteiger partial charge in [0.15, 0.2) is 0 Å². The summed E-state index contributed by atoms with van der Waals surface area (Å²) in [4.78, 5) is 22.9. The van der Waals surface area contributed by atoms with Crippen molar-refractivity contribution < 1.29 is 14.3 Å². The molecule has 0 heterocycles. The first-order chi connectivity index (χ1) is 11.1. The Balaban J connectivity index is 1.85. The smallest absolute Gasteiger partial charge is 0.327 e. The average Bonchev–Trinajstić information content (AvgIpc) is 2.56. The summed E-state index contributed by atoms with van der Waals surface area (Å²) in [5.74, 6) is -1.15. The van der Waals surface area contributed by atoms with Gasteiger partial charge in [0.05, 0.1) is 0 Å². The molecule has 0 spiro atoms. The number of alkyl halides is 2. The monoisotopic (exact) mass is 438 g/mol. The van der Waals surface area contributed by atoms with Gasteiger partial charge in [-0.3, -0.25) is 9.59 Å². The van der Waals surface area contributed by atoms with E-state index in [1.807, 2.05) is 60.7 Å². The topological polar surface area (TPSA) is 43.4 Å². The first-order valence-corrected chi connectivity index (χ1v) is 9.01. The molecule has 0 bridgehead atoms. The summed E-state index contributed by atoms with van der Waals surface area (Å²) in [6, 6.07) is 19.1. The number of hydrogen-bond acceptors (Lipinski definition) is 3. The van der Waals surface area contributed by atoms with E-state index in [4.69, 9.17) is 4.74 Å². The number of carbonyl (C=O) groups excluding carboxylic acids is 2. The third-order valence-corrected chi connectivity index (χ3v) is 4.62. The molecule has 0 aliphatic rings. The molecule has 5 heteroatoms. The molecule has 0 fully saturated rings. The minimum Gasteiger partial charge on any atom is -0.391 e. The SMILES string of the molecule is O=C(OC(=O)C(Br)Cc1ccccc1)C(Br)Cc1ccccc1. The quantitative estimate of drug-likeness (QED) is 0.387. The maximum absolute atomic E-state index is 12.0. The summed E-state index contributed by atoms with van der Waals surface area (Å²) < 4.78 is 4.95. The fourth-order valence-electron chi connectivity index (χ4n) is 2.04. The van der Waals surface area contributed by atoms with Crippen LogP contribution in [0.5, 0.6) is 0 Å². The van der Waals surface area contributed by atoms with Crippen molar-refractivity contribution in [2.24, 2.45) is 0 Å². The summed E-state index contributed by atoms with van der Waals surface area (Å²) >= 11 is 6.56. The predicted octanol–water partition coefficient (Wildman–Crippen LogP) is 4.07. The summed E-state index contributed by atoms with van der Waals surface area (Å²) in [5.41, 5.74) is 2.00. The number of carbonyl (C=O) groups is 2. The van der Waals surface area contributed by atoms with Gasteiger partial charge >= 0.3 is 11.9 Å². The van der Waals surface area contributed by atoms with Gasteiger partial charge in [-0.2, -0.15) is 0 Å². The van der Waals surface area contributed by atoms with Crippen molar-refractivity contribution in [1.29, 1.82) is 0 Å². The van der Waals surface area contributed by atoms with E-state index in [0.717, 1.165) is 11.1 Å². The molecule has 0 aliphatic heterocycles. The Labute approximate surface area is 152 Å². The first-order valence-electron chi connectivity index (χ1n) is 7.18. The lowest BCUT2D eigenvalue weighted by atomic mass is 10.1. The zero-order chi connectivity index (χ0) is 16.7. The Bertz CT molecular complexity index is 586. The minimum absolute atomic E-state index is 0.471. The maximum Gasteiger partial charge on any atom is 0.327 e. The van der Waals surface area contributed by atoms with Crippen LogP contribution in [0, 0.1) is 0 Å². The molecule has 2 unspecified atom stereocenters. The molecular formula is C18H16Br2O3. The molecule has 2 atom stereocenters. The molecule has 2 aromatic rings. The normalized spacial score (nSPS) is 13.1. The van der Waals surface area contributed by atoms with E-state index in [-0.39, 0.29) is 0 Å². The second-order valence-corrected chi connectivity index (χ2v) is 7.27.